The highest BCUT2D eigenvalue weighted by Gasteiger charge is 2.57. The number of amides is 2. The van der Waals surface area contributed by atoms with Gasteiger partial charge >= 0.3 is 18.2 Å². The number of Topliss-reactive ketones (excluding diaryl/α,β-unsaturated/α-hetero) is 2. The first-order chi connectivity index (χ1) is 20.3. The third-order valence-electron chi connectivity index (χ3n) is 9.72. The zero-order valence-electron chi connectivity index (χ0n) is 27.7. The highest BCUT2D eigenvalue weighted by Crippen LogP contribution is 2.40. The van der Waals surface area contributed by atoms with Gasteiger partial charge in [-0.15, -0.1) is 0 Å². The molecular formula is C31H51N3O10. The zero-order chi connectivity index (χ0) is 33.3. The first-order valence-electron chi connectivity index (χ1n) is 15.6. The Morgan fingerprint density at radius 3 is 2.23 bits per heavy atom. The van der Waals surface area contributed by atoms with Crippen LogP contribution in [0.3, 0.4) is 0 Å². The van der Waals surface area contributed by atoms with Gasteiger partial charge < -0.3 is 39.6 Å². The van der Waals surface area contributed by atoms with Crippen molar-refractivity contribution < 1.29 is 47.7 Å². The number of nitrogens with two attached hydrogens (primary N) is 1. The summed E-state index contributed by atoms with van der Waals surface area (Å²) >= 11 is 0. The van der Waals surface area contributed by atoms with Gasteiger partial charge in [-0.2, -0.15) is 0 Å². The van der Waals surface area contributed by atoms with E-state index in [0.717, 1.165) is 6.42 Å². The minimum atomic E-state index is -1.59. The number of carbonyl (C=O) groups excluding carboxylic acids is 5. The molecule has 0 bridgehead atoms. The minimum absolute atomic E-state index is 0.0605. The molecule has 3 saturated heterocycles. The van der Waals surface area contributed by atoms with Gasteiger partial charge in [0.15, 0.2) is 17.7 Å². The van der Waals surface area contributed by atoms with Crippen LogP contribution >= 0.6 is 0 Å². The Labute approximate surface area is 260 Å². The number of fused-ring (bicyclic) bond motifs is 1. The number of cyclic esters (lactones) is 1. The summed E-state index contributed by atoms with van der Waals surface area (Å²) in [5, 5.41) is 2.73. The lowest BCUT2D eigenvalue weighted by Crippen LogP contribution is -2.59. The van der Waals surface area contributed by atoms with E-state index >= 15 is 0 Å². The smallest absolute Gasteiger partial charge is 0.408 e. The van der Waals surface area contributed by atoms with Crippen molar-refractivity contribution in [2.24, 2.45) is 29.4 Å². The summed E-state index contributed by atoms with van der Waals surface area (Å²) in [4.78, 5) is 68.3. The Kier molecular flexibility index (Phi) is 11.1. The third-order valence-corrected chi connectivity index (χ3v) is 9.72. The second kappa shape index (κ2) is 13.7. The van der Waals surface area contributed by atoms with Gasteiger partial charge in [0, 0.05) is 30.2 Å². The molecule has 250 valence electrons. The number of esters is 1. The monoisotopic (exact) mass is 625 g/mol. The summed E-state index contributed by atoms with van der Waals surface area (Å²) < 4.78 is 29.9. The number of rotatable bonds is 5. The minimum Gasteiger partial charge on any atom is -0.458 e. The second-order valence-electron chi connectivity index (χ2n) is 13.5. The average molecular weight is 626 g/mol. The molecule has 3 aliphatic rings. The third kappa shape index (κ3) is 7.37. The number of hydrogen-bond acceptors (Lipinski definition) is 11. The topological polar surface area (TPSA) is 173 Å². The van der Waals surface area contributed by atoms with Gasteiger partial charge in [-0.25, -0.2) is 9.59 Å². The van der Waals surface area contributed by atoms with Crippen molar-refractivity contribution in [2.75, 3.05) is 14.1 Å². The van der Waals surface area contributed by atoms with Crippen LogP contribution in [0.4, 0.5) is 9.59 Å². The largest absolute Gasteiger partial charge is 0.458 e. The number of nitrogens with one attached hydrogen (secondary N) is 1. The molecule has 2 amide bonds. The van der Waals surface area contributed by atoms with Gasteiger partial charge in [-0.3, -0.25) is 14.4 Å². The number of primary amides is 1. The van der Waals surface area contributed by atoms with Crippen molar-refractivity contribution >= 4 is 29.7 Å². The van der Waals surface area contributed by atoms with Gasteiger partial charge in [0.25, 0.3) is 0 Å². The van der Waals surface area contributed by atoms with E-state index in [0.29, 0.717) is 6.42 Å². The summed E-state index contributed by atoms with van der Waals surface area (Å²) in [5.74, 6) is -5.37. The molecule has 0 aromatic heterocycles. The molecule has 3 heterocycles. The van der Waals surface area contributed by atoms with Crippen LogP contribution in [0.5, 0.6) is 0 Å². The van der Waals surface area contributed by atoms with E-state index in [9.17, 15) is 24.0 Å². The molecule has 3 aliphatic heterocycles. The van der Waals surface area contributed by atoms with Gasteiger partial charge in [-0.1, -0.05) is 27.7 Å². The maximum Gasteiger partial charge on any atom is 0.408 e. The number of carbonyl (C=O) groups is 5. The molecule has 0 radical (unpaired) electrons. The van der Waals surface area contributed by atoms with Crippen molar-refractivity contribution in [1.29, 1.82) is 0 Å². The maximum atomic E-state index is 14.0. The van der Waals surface area contributed by atoms with E-state index < -0.39 is 83.4 Å². The Balaban J connectivity index is 2.12. The second-order valence-corrected chi connectivity index (χ2v) is 13.5. The lowest BCUT2D eigenvalue weighted by Gasteiger charge is -2.45. The van der Waals surface area contributed by atoms with Crippen LogP contribution in [0.15, 0.2) is 0 Å². The molecule has 0 spiro atoms. The predicted octanol–water partition coefficient (Wildman–Crippen LogP) is 2.96. The van der Waals surface area contributed by atoms with Crippen LogP contribution in [0, 0.1) is 23.7 Å². The van der Waals surface area contributed by atoms with Crippen LogP contribution in [0.1, 0.15) is 81.1 Å². The average Bonchev–Trinajstić information content (AvgIpc) is 3.25. The fraction of sp³-hybridized carbons (Fsp3) is 0.839. The van der Waals surface area contributed by atoms with E-state index in [2.05, 4.69) is 10.2 Å². The fourth-order valence-corrected chi connectivity index (χ4v) is 7.26. The van der Waals surface area contributed by atoms with Gasteiger partial charge in [0.2, 0.25) is 0 Å². The summed E-state index contributed by atoms with van der Waals surface area (Å²) in [6, 6.07) is -0.720. The zero-order valence-corrected chi connectivity index (χ0v) is 27.7. The number of nitrogens with zero attached hydrogens (tertiary/aromatic N) is 1. The Bertz CT molecular complexity index is 1120. The molecule has 13 nitrogen and oxygen atoms in total. The van der Waals surface area contributed by atoms with E-state index in [-0.39, 0.29) is 30.8 Å². The number of hydrogen-bond donors (Lipinski definition) is 2. The molecule has 0 saturated carbocycles. The predicted molar refractivity (Wildman–Crippen MR) is 158 cm³/mol. The van der Waals surface area contributed by atoms with Gasteiger partial charge in [0.1, 0.15) is 29.5 Å². The molecule has 44 heavy (non-hydrogen) atoms. The number of alkyl carbamates (subject to hydrolysis) is 1. The maximum absolute atomic E-state index is 14.0. The normalized spacial score (nSPS) is 42.5. The molecule has 0 aromatic carbocycles. The first-order valence-corrected chi connectivity index (χ1v) is 15.6. The highest BCUT2D eigenvalue weighted by molar-refractivity contribution is 6.00. The summed E-state index contributed by atoms with van der Waals surface area (Å²) in [5.41, 5.74) is 2.58. The van der Waals surface area contributed by atoms with Crippen molar-refractivity contribution in [3.05, 3.63) is 0 Å². The lowest BCUT2D eigenvalue weighted by molar-refractivity contribution is -0.258. The molecule has 3 fully saturated rings. The van der Waals surface area contributed by atoms with Crippen LogP contribution < -0.4 is 11.1 Å². The van der Waals surface area contributed by atoms with Crippen LogP contribution in [-0.4, -0.2) is 96.6 Å². The van der Waals surface area contributed by atoms with Crippen LogP contribution in [0.25, 0.3) is 0 Å². The molecule has 0 aliphatic carbocycles. The number of ether oxygens (including phenoxy) is 5. The first kappa shape index (κ1) is 35.7. The Hall–Kier alpha value is -2.77. The van der Waals surface area contributed by atoms with Crippen molar-refractivity contribution in [3.8, 4) is 0 Å². The molecule has 13 heteroatoms. The summed E-state index contributed by atoms with van der Waals surface area (Å²) in [6.45, 7) is 13.3. The van der Waals surface area contributed by atoms with Gasteiger partial charge in [-0.05, 0) is 61.1 Å². The summed E-state index contributed by atoms with van der Waals surface area (Å²) in [7, 11) is 3.92. The van der Waals surface area contributed by atoms with E-state index in [4.69, 9.17) is 29.4 Å². The van der Waals surface area contributed by atoms with Crippen molar-refractivity contribution in [1.82, 2.24) is 10.2 Å². The molecule has 0 aromatic rings. The van der Waals surface area contributed by atoms with E-state index in [1.807, 2.05) is 21.0 Å². The SMILES string of the molecule is CC[C@H]1OC(=O)[C@H](C)C(=O)C(C)[C@@H](O[C@H]2C[C@@H](N(C)C)C[C@@H](C)O2)[C@](C)(OC(N)=O)C[C@@H](C)C(=O)[C@H](C)[C@H]2NC(=O)O[C@@]21C. The molecule has 1 unspecified atom stereocenters. The van der Waals surface area contributed by atoms with Crippen LogP contribution in [0.2, 0.25) is 0 Å². The van der Waals surface area contributed by atoms with Crippen LogP contribution in [-0.2, 0) is 38.1 Å². The molecule has 3 rings (SSSR count). The Morgan fingerprint density at radius 1 is 1.02 bits per heavy atom. The molecular weight excluding hydrogens is 574 g/mol. The van der Waals surface area contributed by atoms with E-state index in [1.165, 1.54) is 6.92 Å². The standard InChI is InChI=1S/C31H51N3O10/c1-11-21-31(8)25(33-29(39)44-31)17(4)23(35)15(2)14-30(7,43-28(32)38)26(18(5)24(36)19(6)27(37)41-21)42-22-13-20(34(9)10)12-16(3)40-22/h15-22,25-26H,11-14H2,1-10H3,(H2,32,38)(H,33,39)/t15-,16-,17+,18?,19-,20+,21-,22+,25-,26-,30-,31-/m1/s1. The Morgan fingerprint density at radius 2 is 1.66 bits per heavy atom. The summed E-state index contributed by atoms with van der Waals surface area (Å²) in [6.07, 6.45) is -3.42. The number of ketones is 2. The highest BCUT2D eigenvalue weighted by atomic mass is 16.7. The van der Waals surface area contributed by atoms with Crippen molar-refractivity contribution in [3.63, 3.8) is 0 Å². The van der Waals surface area contributed by atoms with Gasteiger partial charge in [0.05, 0.1) is 12.1 Å². The quantitative estimate of drug-likeness (QED) is 0.261. The van der Waals surface area contributed by atoms with E-state index in [1.54, 1.807) is 41.5 Å². The molecule has 3 N–H and O–H groups in total. The van der Waals surface area contributed by atoms with Crippen molar-refractivity contribution in [2.45, 2.75) is 129 Å². The lowest BCUT2D eigenvalue weighted by atomic mass is 9.73. The fourth-order valence-electron chi connectivity index (χ4n) is 7.26. The molecule has 12 atom stereocenters.